The fraction of sp³-hybridized carbons (Fsp3) is 0.500. The second kappa shape index (κ2) is 10.4. The van der Waals surface area contributed by atoms with Crippen molar-refractivity contribution in [3.63, 3.8) is 0 Å². The van der Waals surface area contributed by atoms with Gasteiger partial charge in [-0.15, -0.1) is 0 Å². The number of hydrogen-bond donors (Lipinski definition) is 1. The summed E-state index contributed by atoms with van der Waals surface area (Å²) in [5, 5.41) is 0. The van der Waals surface area contributed by atoms with Crippen molar-refractivity contribution in [3.05, 3.63) is 52.6 Å². The Morgan fingerprint density at radius 1 is 1.09 bits per heavy atom. The van der Waals surface area contributed by atoms with Crippen LogP contribution in [0.1, 0.15) is 47.9 Å². The van der Waals surface area contributed by atoms with Crippen LogP contribution in [0, 0.1) is 20.8 Å². The van der Waals surface area contributed by atoms with Crippen LogP contribution in [0.25, 0.3) is 0 Å². The Labute approximate surface area is 203 Å². The number of primary amides is 1. The number of rotatable bonds is 9. The quantitative estimate of drug-likeness (QED) is 0.582. The molecule has 7 nitrogen and oxygen atoms in total. The molecule has 186 valence electrons. The minimum Gasteiger partial charge on any atom is -0.496 e. The molecule has 0 radical (unpaired) electrons. The molecule has 1 aliphatic rings. The minimum absolute atomic E-state index is 0.188. The predicted octanol–water partition coefficient (Wildman–Crippen LogP) is 3.72. The largest absolute Gasteiger partial charge is 0.496 e. The molecule has 34 heavy (non-hydrogen) atoms. The van der Waals surface area contributed by atoms with Crippen molar-refractivity contribution >= 4 is 21.6 Å². The van der Waals surface area contributed by atoms with E-state index in [0.717, 1.165) is 21.1 Å². The standard InChI is InChI=1S/C26H37N3O4S/c1-17-15-24(33-6)18(2)19(3)25(17)34(31,32)29(5)23(26(27)30)16-20-11-13-22(14-12-20)28(4)21-9-7-8-10-21/h11-15,21,23H,7-10,16H2,1-6H3,(H2,27,30)/t23-/m0/s1. The first-order chi connectivity index (χ1) is 16.0. The molecule has 1 atom stereocenters. The second-order valence-corrected chi connectivity index (χ2v) is 11.3. The monoisotopic (exact) mass is 487 g/mol. The Balaban J connectivity index is 1.86. The van der Waals surface area contributed by atoms with Crippen LogP contribution in [0.5, 0.6) is 5.75 Å². The van der Waals surface area contributed by atoms with Crippen molar-refractivity contribution in [3.8, 4) is 5.75 Å². The number of nitrogens with two attached hydrogens (primary N) is 1. The van der Waals surface area contributed by atoms with Gasteiger partial charge in [-0.1, -0.05) is 25.0 Å². The normalized spacial score (nSPS) is 15.5. The third kappa shape index (κ3) is 5.08. The molecule has 0 heterocycles. The number of benzene rings is 2. The van der Waals surface area contributed by atoms with Crippen LogP contribution in [-0.2, 0) is 21.2 Å². The molecule has 2 aromatic carbocycles. The van der Waals surface area contributed by atoms with Gasteiger partial charge in [-0.3, -0.25) is 4.79 Å². The molecule has 1 aliphatic carbocycles. The van der Waals surface area contributed by atoms with Crippen LogP contribution >= 0.6 is 0 Å². The lowest BCUT2D eigenvalue weighted by Gasteiger charge is -2.28. The van der Waals surface area contributed by atoms with Gasteiger partial charge in [-0.25, -0.2) is 8.42 Å². The Morgan fingerprint density at radius 3 is 2.21 bits per heavy atom. The van der Waals surface area contributed by atoms with E-state index in [9.17, 15) is 13.2 Å². The van der Waals surface area contributed by atoms with Crippen LogP contribution < -0.4 is 15.4 Å². The Morgan fingerprint density at radius 2 is 1.68 bits per heavy atom. The molecule has 8 heteroatoms. The third-order valence-electron chi connectivity index (χ3n) is 7.25. The van der Waals surface area contributed by atoms with Crippen LogP contribution in [0.15, 0.2) is 35.2 Å². The Hall–Kier alpha value is -2.58. The van der Waals surface area contributed by atoms with E-state index >= 15 is 0 Å². The first kappa shape index (κ1) is 26.0. The highest BCUT2D eigenvalue weighted by Gasteiger charge is 2.34. The van der Waals surface area contributed by atoms with E-state index < -0.39 is 22.0 Å². The van der Waals surface area contributed by atoms with Gasteiger partial charge in [-0.05, 0) is 80.5 Å². The van der Waals surface area contributed by atoms with Crippen molar-refractivity contribution < 1.29 is 17.9 Å². The number of ether oxygens (including phenoxy) is 1. The highest BCUT2D eigenvalue weighted by atomic mass is 32.2. The molecular weight excluding hydrogens is 450 g/mol. The van der Waals surface area contributed by atoms with Crippen LogP contribution in [0.3, 0.4) is 0 Å². The van der Waals surface area contributed by atoms with Gasteiger partial charge in [0.05, 0.1) is 12.0 Å². The highest BCUT2D eigenvalue weighted by Crippen LogP contribution is 2.33. The first-order valence-electron chi connectivity index (χ1n) is 11.7. The van der Waals surface area contributed by atoms with Crippen LogP contribution in [0.4, 0.5) is 5.69 Å². The van der Waals surface area contributed by atoms with Crippen LogP contribution in [-0.4, -0.2) is 51.9 Å². The second-order valence-electron chi connectivity index (χ2n) is 9.33. The molecule has 1 fully saturated rings. The number of carbonyl (C=O) groups excluding carboxylic acids is 1. The maximum atomic E-state index is 13.6. The molecule has 3 rings (SSSR count). The van der Waals surface area contributed by atoms with Gasteiger partial charge in [0.2, 0.25) is 15.9 Å². The van der Waals surface area contributed by atoms with Gasteiger partial charge in [0.25, 0.3) is 0 Å². The van der Waals surface area contributed by atoms with Crippen molar-refractivity contribution in [2.24, 2.45) is 5.73 Å². The van der Waals surface area contributed by atoms with E-state index in [1.807, 2.05) is 31.2 Å². The van der Waals surface area contributed by atoms with Crippen LogP contribution in [0.2, 0.25) is 0 Å². The fourth-order valence-electron chi connectivity index (χ4n) is 4.94. The smallest absolute Gasteiger partial charge is 0.244 e. The molecule has 0 spiro atoms. The third-order valence-corrected chi connectivity index (χ3v) is 9.40. The molecule has 0 saturated heterocycles. The van der Waals surface area contributed by atoms with E-state index in [4.69, 9.17) is 10.5 Å². The van der Waals surface area contributed by atoms with Crippen molar-refractivity contribution in [1.82, 2.24) is 4.31 Å². The van der Waals surface area contributed by atoms with Crippen molar-refractivity contribution in [1.29, 1.82) is 0 Å². The summed E-state index contributed by atoms with van der Waals surface area (Å²) in [7, 11) is 1.11. The zero-order valence-corrected chi connectivity index (χ0v) is 21.9. The molecular formula is C26H37N3O4S. The molecule has 2 N–H and O–H groups in total. The number of amides is 1. The molecule has 0 bridgehead atoms. The Kier molecular flexibility index (Phi) is 7.93. The topological polar surface area (TPSA) is 92.9 Å². The zero-order valence-electron chi connectivity index (χ0n) is 21.1. The van der Waals surface area contributed by atoms with Gasteiger partial charge in [0.15, 0.2) is 0 Å². The lowest BCUT2D eigenvalue weighted by molar-refractivity contribution is -0.121. The number of sulfonamides is 1. The number of anilines is 1. The van der Waals surface area contributed by atoms with E-state index in [1.165, 1.54) is 32.7 Å². The summed E-state index contributed by atoms with van der Waals surface area (Å²) in [5.41, 5.74) is 9.59. The molecule has 1 amide bonds. The summed E-state index contributed by atoms with van der Waals surface area (Å²) in [6.07, 6.45) is 5.14. The average Bonchev–Trinajstić information content (AvgIpc) is 3.34. The summed E-state index contributed by atoms with van der Waals surface area (Å²) in [6, 6.07) is 9.21. The zero-order chi connectivity index (χ0) is 25.2. The Bertz CT molecular complexity index is 1140. The maximum Gasteiger partial charge on any atom is 0.244 e. The first-order valence-corrected chi connectivity index (χ1v) is 13.2. The highest BCUT2D eigenvalue weighted by molar-refractivity contribution is 7.89. The number of carbonyl (C=O) groups is 1. The van der Waals surface area contributed by atoms with Crippen molar-refractivity contribution in [2.45, 2.75) is 69.9 Å². The number of hydrogen-bond acceptors (Lipinski definition) is 5. The summed E-state index contributed by atoms with van der Waals surface area (Å²) >= 11 is 0. The minimum atomic E-state index is -3.98. The average molecular weight is 488 g/mol. The number of aryl methyl sites for hydroxylation is 1. The number of likely N-dealkylation sites (N-methyl/N-ethyl adjacent to an activating group) is 1. The lowest BCUT2D eigenvalue weighted by Crippen LogP contribution is -2.47. The van der Waals surface area contributed by atoms with Gasteiger partial charge in [0.1, 0.15) is 11.8 Å². The summed E-state index contributed by atoms with van der Waals surface area (Å²) in [4.78, 5) is 14.9. The van der Waals surface area contributed by atoms with E-state index in [2.05, 4.69) is 11.9 Å². The van der Waals surface area contributed by atoms with E-state index in [1.54, 1.807) is 27.0 Å². The maximum absolute atomic E-state index is 13.6. The lowest BCUT2D eigenvalue weighted by atomic mass is 10.0. The van der Waals surface area contributed by atoms with Crippen molar-refractivity contribution in [2.75, 3.05) is 26.1 Å². The van der Waals surface area contributed by atoms with E-state index in [0.29, 0.717) is 22.9 Å². The summed E-state index contributed by atoms with van der Waals surface area (Å²) < 4.78 is 33.7. The molecule has 0 unspecified atom stereocenters. The molecule has 1 saturated carbocycles. The molecule has 0 aromatic heterocycles. The molecule has 0 aliphatic heterocycles. The number of nitrogens with zero attached hydrogens (tertiary/aromatic N) is 2. The van der Waals surface area contributed by atoms with E-state index in [-0.39, 0.29) is 11.3 Å². The summed E-state index contributed by atoms with van der Waals surface area (Å²) in [6.45, 7) is 5.31. The van der Waals surface area contributed by atoms with Gasteiger partial charge in [-0.2, -0.15) is 4.31 Å². The summed E-state index contributed by atoms with van der Waals surface area (Å²) in [5.74, 6) is -0.0514. The van der Waals surface area contributed by atoms with Gasteiger partial charge < -0.3 is 15.4 Å². The van der Waals surface area contributed by atoms with Gasteiger partial charge in [0, 0.05) is 25.8 Å². The fourth-order valence-corrected chi connectivity index (χ4v) is 6.75. The molecule has 2 aromatic rings. The predicted molar refractivity (Wildman–Crippen MR) is 136 cm³/mol. The van der Waals surface area contributed by atoms with Gasteiger partial charge >= 0.3 is 0 Å². The SMILES string of the molecule is COc1cc(C)c(S(=O)(=O)N(C)[C@@H](Cc2ccc(N(C)C3CCCC3)cc2)C(N)=O)c(C)c1C. The number of methoxy groups -OCH3 is 1.